The maximum Gasteiger partial charge on any atom is 0.321 e. The molecule has 1 aliphatic rings. The van der Waals surface area contributed by atoms with E-state index in [1.807, 2.05) is 55.6 Å². The third-order valence-electron chi connectivity index (χ3n) is 5.60. The lowest BCUT2D eigenvalue weighted by Crippen LogP contribution is -2.47. The molecule has 1 aliphatic heterocycles. The summed E-state index contributed by atoms with van der Waals surface area (Å²) in [4.78, 5) is 21.2. The zero-order chi connectivity index (χ0) is 20.9. The van der Waals surface area contributed by atoms with Crippen LogP contribution in [0.4, 0.5) is 20.7 Å². The Labute approximate surface area is 176 Å². The molecule has 2 aromatic carbocycles. The van der Waals surface area contributed by atoms with E-state index < -0.39 is 0 Å². The molecule has 3 aromatic rings. The number of urea groups is 1. The largest absolute Gasteiger partial charge is 0.356 e. The van der Waals surface area contributed by atoms with Crippen molar-refractivity contribution in [3.05, 3.63) is 78.7 Å². The van der Waals surface area contributed by atoms with Gasteiger partial charge in [-0.05, 0) is 60.4 Å². The van der Waals surface area contributed by atoms with E-state index in [9.17, 15) is 9.18 Å². The second kappa shape index (κ2) is 8.95. The first-order valence-electron chi connectivity index (χ1n) is 10.2. The second-order valence-electron chi connectivity index (χ2n) is 7.53. The van der Waals surface area contributed by atoms with Gasteiger partial charge in [0, 0.05) is 38.1 Å². The smallest absolute Gasteiger partial charge is 0.321 e. The topological polar surface area (TPSA) is 48.5 Å². The molecular weight excluding hydrogens is 379 g/mol. The average molecular weight is 404 g/mol. The van der Waals surface area contributed by atoms with Crippen LogP contribution in [0, 0.1) is 5.82 Å². The number of hydrogen-bond donors (Lipinski definition) is 1. The zero-order valence-electron chi connectivity index (χ0n) is 17.0. The van der Waals surface area contributed by atoms with Crippen molar-refractivity contribution < 1.29 is 9.18 Å². The third kappa shape index (κ3) is 4.59. The highest BCUT2D eigenvalue weighted by Crippen LogP contribution is 2.23. The summed E-state index contributed by atoms with van der Waals surface area (Å²) in [6.45, 7) is 1.75. The van der Waals surface area contributed by atoms with Gasteiger partial charge in [0.25, 0.3) is 0 Å². The summed E-state index contributed by atoms with van der Waals surface area (Å²) in [7, 11) is 1.84. The molecule has 2 amide bonds. The Balaban J connectivity index is 1.32. The lowest BCUT2D eigenvalue weighted by Gasteiger charge is -2.37. The van der Waals surface area contributed by atoms with Crippen molar-refractivity contribution in [1.82, 2.24) is 9.88 Å². The Bertz CT molecular complexity index is 986. The SMILES string of the molecule is CN(C(=O)Nc1ccc(-c2cccc(F)c2)cc1)C1CCN(c2ccccn2)CC1. The number of nitrogens with zero attached hydrogens (tertiary/aromatic N) is 3. The van der Waals surface area contributed by atoms with Gasteiger partial charge in [-0.2, -0.15) is 0 Å². The molecule has 0 aliphatic carbocycles. The zero-order valence-corrected chi connectivity index (χ0v) is 17.0. The van der Waals surface area contributed by atoms with Crippen LogP contribution >= 0.6 is 0 Å². The van der Waals surface area contributed by atoms with Crippen molar-refractivity contribution >= 4 is 17.5 Å². The van der Waals surface area contributed by atoms with Gasteiger partial charge in [-0.25, -0.2) is 14.2 Å². The number of hydrogen-bond acceptors (Lipinski definition) is 3. The second-order valence-corrected chi connectivity index (χ2v) is 7.53. The van der Waals surface area contributed by atoms with Gasteiger partial charge in [0.15, 0.2) is 0 Å². The number of amides is 2. The van der Waals surface area contributed by atoms with Crippen LogP contribution in [0.25, 0.3) is 11.1 Å². The molecular formula is C24H25FN4O. The Morgan fingerprint density at radius 2 is 1.80 bits per heavy atom. The number of benzene rings is 2. The fourth-order valence-electron chi connectivity index (χ4n) is 3.81. The van der Waals surface area contributed by atoms with Gasteiger partial charge >= 0.3 is 6.03 Å². The van der Waals surface area contributed by atoms with Crippen molar-refractivity contribution in [1.29, 1.82) is 0 Å². The molecule has 4 rings (SSSR count). The Morgan fingerprint density at radius 3 is 2.47 bits per heavy atom. The lowest BCUT2D eigenvalue weighted by atomic mass is 10.0. The molecule has 0 atom stereocenters. The van der Waals surface area contributed by atoms with E-state index in [-0.39, 0.29) is 17.9 Å². The van der Waals surface area contributed by atoms with E-state index >= 15 is 0 Å². The number of carbonyl (C=O) groups is 1. The van der Waals surface area contributed by atoms with E-state index in [1.165, 1.54) is 12.1 Å². The fourth-order valence-corrected chi connectivity index (χ4v) is 3.81. The molecule has 0 bridgehead atoms. The predicted molar refractivity (Wildman–Crippen MR) is 118 cm³/mol. The standard InChI is InChI=1S/C24H25FN4O/c1-28(22-12-15-29(16-13-22)23-7-2-3-14-26-23)24(30)27-21-10-8-18(9-11-21)19-5-4-6-20(25)17-19/h2-11,14,17,22H,12-13,15-16H2,1H3,(H,27,30). The van der Waals surface area contributed by atoms with Crippen LogP contribution in [0.3, 0.4) is 0 Å². The van der Waals surface area contributed by atoms with Crippen molar-refractivity contribution in [2.75, 3.05) is 30.4 Å². The molecule has 0 unspecified atom stereocenters. The highest BCUT2D eigenvalue weighted by molar-refractivity contribution is 5.89. The summed E-state index contributed by atoms with van der Waals surface area (Å²) in [5.41, 5.74) is 2.44. The molecule has 6 heteroatoms. The van der Waals surface area contributed by atoms with Gasteiger partial charge in [0.05, 0.1) is 0 Å². The van der Waals surface area contributed by atoms with Crippen LogP contribution in [0.1, 0.15) is 12.8 Å². The summed E-state index contributed by atoms with van der Waals surface area (Å²) in [5, 5.41) is 2.96. The molecule has 1 fully saturated rings. The first kappa shape index (κ1) is 19.9. The van der Waals surface area contributed by atoms with Crippen molar-refractivity contribution in [2.45, 2.75) is 18.9 Å². The van der Waals surface area contributed by atoms with Gasteiger partial charge < -0.3 is 15.1 Å². The van der Waals surface area contributed by atoms with Gasteiger partial charge in [-0.3, -0.25) is 0 Å². The molecule has 30 heavy (non-hydrogen) atoms. The van der Waals surface area contributed by atoms with E-state index in [2.05, 4.69) is 15.2 Å². The summed E-state index contributed by atoms with van der Waals surface area (Å²) in [5.74, 6) is 0.724. The first-order chi connectivity index (χ1) is 14.6. The molecule has 1 saturated heterocycles. The number of anilines is 2. The first-order valence-corrected chi connectivity index (χ1v) is 10.2. The summed E-state index contributed by atoms with van der Waals surface area (Å²) >= 11 is 0. The number of pyridine rings is 1. The van der Waals surface area contributed by atoms with Crippen LogP contribution in [0.5, 0.6) is 0 Å². The normalized spacial score (nSPS) is 14.4. The molecule has 1 N–H and O–H groups in total. The number of aromatic nitrogens is 1. The monoisotopic (exact) mass is 404 g/mol. The van der Waals surface area contributed by atoms with Crippen LogP contribution < -0.4 is 10.2 Å². The minimum Gasteiger partial charge on any atom is -0.356 e. The summed E-state index contributed by atoms with van der Waals surface area (Å²) in [6.07, 6.45) is 3.61. The molecule has 2 heterocycles. The van der Waals surface area contributed by atoms with Crippen LogP contribution in [-0.4, -0.2) is 42.1 Å². The van der Waals surface area contributed by atoms with Crippen molar-refractivity contribution in [2.24, 2.45) is 0 Å². The van der Waals surface area contributed by atoms with Crippen LogP contribution in [-0.2, 0) is 0 Å². The lowest BCUT2D eigenvalue weighted by molar-refractivity contribution is 0.193. The third-order valence-corrected chi connectivity index (χ3v) is 5.60. The maximum absolute atomic E-state index is 13.4. The molecule has 154 valence electrons. The van der Waals surface area contributed by atoms with Gasteiger partial charge in [0.1, 0.15) is 11.6 Å². The van der Waals surface area contributed by atoms with E-state index in [4.69, 9.17) is 0 Å². The Kier molecular flexibility index (Phi) is 5.93. The number of nitrogens with one attached hydrogen (secondary N) is 1. The van der Waals surface area contributed by atoms with E-state index in [0.717, 1.165) is 48.6 Å². The fraction of sp³-hybridized carbons (Fsp3) is 0.250. The van der Waals surface area contributed by atoms with Crippen molar-refractivity contribution in [3.63, 3.8) is 0 Å². The molecule has 0 saturated carbocycles. The number of carbonyl (C=O) groups excluding carboxylic acids is 1. The predicted octanol–water partition coefficient (Wildman–Crippen LogP) is 5.02. The van der Waals surface area contributed by atoms with Gasteiger partial charge in [0.2, 0.25) is 0 Å². The van der Waals surface area contributed by atoms with Crippen LogP contribution in [0.2, 0.25) is 0 Å². The highest BCUT2D eigenvalue weighted by Gasteiger charge is 2.26. The molecule has 0 radical (unpaired) electrons. The number of rotatable bonds is 4. The molecule has 1 aromatic heterocycles. The molecule has 5 nitrogen and oxygen atoms in total. The summed E-state index contributed by atoms with van der Waals surface area (Å²) < 4.78 is 13.4. The quantitative estimate of drug-likeness (QED) is 0.664. The van der Waals surface area contributed by atoms with E-state index in [0.29, 0.717) is 0 Å². The van der Waals surface area contributed by atoms with Crippen molar-refractivity contribution in [3.8, 4) is 11.1 Å². The van der Waals surface area contributed by atoms with Gasteiger partial charge in [-0.1, -0.05) is 30.3 Å². The minimum absolute atomic E-state index is 0.121. The Hall–Kier alpha value is -3.41. The summed E-state index contributed by atoms with van der Waals surface area (Å²) in [6, 6.07) is 19.9. The van der Waals surface area contributed by atoms with Gasteiger partial charge in [-0.15, -0.1) is 0 Å². The highest BCUT2D eigenvalue weighted by atomic mass is 19.1. The number of piperidine rings is 1. The number of halogens is 1. The maximum atomic E-state index is 13.4. The van der Waals surface area contributed by atoms with E-state index in [1.54, 1.807) is 17.2 Å². The molecule has 0 spiro atoms. The average Bonchev–Trinajstić information content (AvgIpc) is 2.80. The minimum atomic E-state index is -0.263. The van der Waals surface area contributed by atoms with Crippen LogP contribution in [0.15, 0.2) is 72.9 Å². The Morgan fingerprint density at radius 1 is 1.03 bits per heavy atom.